The maximum atomic E-state index is 12.9. The summed E-state index contributed by atoms with van der Waals surface area (Å²) in [4.78, 5) is 38.3. The molecule has 0 aliphatic rings. The summed E-state index contributed by atoms with van der Waals surface area (Å²) >= 11 is 0. The molecule has 1 unspecified atom stereocenters. The van der Waals surface area contributed by atoms with E-state index in [4.69, 9.17) is 14.2 Å². The van der Waals surface area contributed by atoms with Crippen LogP contribution in [0, 0.1) is 0 Å². The fraction of sp³-hybridized carbons (Fsp3) is 0.736. The van der Waals surface area contributed by atoms with Crippen molar-refractivity contribution >= 4 is 17.9 Å². The van der Waals surface area contributed by atoms with Gasteiger partial charge in [-0.3, -0.25) is 14.4 Å². The lowest BCUT2D eigenvalue weighted by atomic mass is 10.0. The van der Waals surface area contributed by atoms with Gasteiger partial charge in [0.1, 0.15) is 13.2 Å². The number of rotatable bonds is 60. The Balaban J connectivity index is 4.20. The Morgan fingerprint density at radius 3 is 0.808 bits per heavy atom. The molecule has 0 amide bonds. The predicted octanol–water partition coefficient (Wildman–Crippen LogP) is 22.8. The van der Waals surface area contributed by atoms with Crippen LogP contribution < -0.4 is 0 Å². The van der Waals surface area contributed by atoms with Crippen molar-refractivity contribution in [1.82, 2.24) is 0 Å². The van der Waals surface area contributed by atoms with Crippen LogP contribution in [0.4, 0.5) is 0 Å². The molecule has 0 aromatic rings. The largest absolute Gasteiger partial charge is 0.462 e. The summed E-state index contributed by atoms with van der Waals surface area (Å²) in [6, 6.07) is 0. The smallest absolute Gasteiger partial charge is 0.306 e. The molecule has 1 atom stereocenters. The Kier molecular flexibility index (Phi) is 62.7. The minimum Gasteiger partial charge on any atom is -0.462 e. The molecule has 0 saturated heterocycles. The molecule has 78 heavy (non-hydrogen) atoms. The summed E-state index contributed by atoms with van der Waals surface area (Å²) in [5, 5.41) is 0. The molecule has 0 aliphatic heterocycles. The first-order valence-corrected chi connectivity index (χ1v) is 33.2. The summed E-state index contributed by atoms with van der Waals surface area (Å²) < 4.78 is 16.9. The molecule has 448 valence electrons. The zero-order chi connectivity index (χ0) is 56.4. The van der Waals surface area contributed by atoms with E-state index in [1.165, 1.54) is 161 Å². The van der Waals surface area contributed by atoms with Crippen molar-refractivity contribution in [3.8, 4) is 0 Å². The average molecular weight is 1090 g/mol. The van der Waals surface area contributed by atoms with Gasteiger partial charge in [-0.05, 0) is 116 Å². The number of esters is 3. The molecule has 0 heterocycles. The standard InChI is InChI=1S/C72H124O6/c1-4-7-10-13-16-19-22-25-27-29-30-31-32-33-34-35-36-37-38-39-40-41-42-43-45-47-50-53-56-59-62-65-71(74)77-68-69(67-76-70(73)64-61-58-55-52-49-46-24-21-18-15-12-9-6-3)78-72(75)66-63-60-57-54-51-48-44-28-26-23-20-17-14-11-8-5-2/h7,9-10,12,16,18-19,21,25,27-28,30-31,44,46,49,69H,4-6,8,11,13-15,17,20,22-24,26,29,32-43,45,47-48,50-68H2,1-3H3/b10-7-,12-9-,19-16-,21-18-,27-25-,31-30-,44-28-,49-46-. The molecule has 0 bridgehead atoms. The van der Waals surface area contributed by atoms with Crippen LogP contribution in [0.25, 0.3) is 0 Å². The van der Waals surface area contributed by atoms with Crippen molar-refractivity contribution in [3.05, 3.63) is 97.2 Å². The summed E-state index contributed by atoms with van der Waals surface area (Å²) in [7, 11) is 0. The molecule has 0 radical (unpaired) electrons. The molecule has 0 aromatic carbocycles. The van der Waals surface area contributed by atoms with Gasteiger partial charge in [0.25, 0.3) is 0 Å². The Hall–Kier alpha value is -3.67. The van der Waals surface area contributed by atoms with Crippen molar-refractivity contribution in [1.29, 1.82) is 0 Å². The normalized spacial score (nSPS) is 12.7. The highest BCUT2D eigenvalue weighted by Crippen LogP contribution is 2.17. The van der Waals surface area contributed by atoms with Gasteiger partial charge in [0.2, 0.25) is 0 Å². The van der Waals surface area contributed by atoms with E-state index in [0.717, 1.165) is 122 Å². The van der Waals surface area contributed by atoms with Gasteiger partial charge in [-0.1, -0.05) is 285 Å². The minimum atomic E-state index is -0.793. The van der Waals surface area contributed by atoms with Crippen LogP contribution in [-0.2, 0) is 28.6 Å². The van der Waals surface area contributed by atoms with Crippen LogP contribution in [0.3, 0.4) is 0 Å². The lowest BCUT2D eigenvalue weighted by Crippen LogP contribution is -2.30. The van der Waals surface area contributed by atoms with Gasteiger partial charge in [0.05, 0.1) is 0 Å². The van der Waals surface area contributed by atoms with Gasteiger partial charge in [0, 0.05) is 19.3 Å². The molecule has 0 saturated carbocycles. The van der Waals surface area contributed by atoms with Gasteiger partial charge in [0.15, 0.2) is 6.10 Å². The number of carbonyl (C=O) groups excluding carboxylic acids is 3. The van der Waals surface area contributed by atoms with E-state index in [1.807, 2.05) is 0 Å². The summed E-state index contributed by atoms with van der Waals surface area (Å²) in [6.45, 7) is 6.41. The second-order valence-electron chi connectivity index (χ2n) is 22.0. The fourth-order valence-corrected chi connectivity index (χ4v) is 9.39. The summed E-state index contributed by atoms with van der Waals surface area (Å²) in [5.41, 5.74) is 0. The van der Waals surface area contributed by atoms with Gasteiger partial charge in [-0.15, -0.1) is 0 Å². The highest BCUT2D eigenvalue weighted by molar-refractivity contribution is 5.71. The molecular formula is C72H124O6. The lowest BCUT2D eigenvalue weighted by Gasteiger charge is -2.18. The number of carbonyl (C=O) groups is 3. The highest BCUT2D eigenvalue weighted by atomic mass is 16.6. The van der Waals surface area contributed by atoms with E-state index in [-0.39, 0.29) is 31.1 Å². The van der Waals surface area contributed by atoms with E-state index in [0.29, 0.717) is 19.3 Å². The molecule has 6 nitrogen and oxygen atoms in total. The zero-order valence-electron chi connectivity index (χ0n) is 51.4. The third kappa shape index (κ3) is 63.2. The first kappa shape index (κ1) is 74.3. The van der Waals surface area contributed by atoms with Crippen molar-refractivity contribution in [3.63, 3.8) is 0 Å². The van der Waals surface area contributed by atoms with Gasteiger partial charge in [-0.2, -0.15) is 0 Å². The quantitative estimate of drug-likeness (QED) is 0.0261. The highest BCUT2D eigenvalue weighted by Gasteiger charge is 2.19. The van der Waals surface area contributed by atoms with Crippen molar-refractivity contribution in [2.24, 2.45) is 0 Å². The number of hydrogen-bond donors (Lipinski definition) is 0. The molecule has 0 aromatic heterocycles. The average Bonchev–Trinajstić information content (AvgIpc) is 3.44. The molecular weight excluding hydrogens is 961 g/mol. The Bertz CT molecular complexity index is 1530. The molecule has 0 rings (SSSR count). The number of allylic oxidation sites excluding steroid dienone is 16. The van der Waals surface area contributed by atoms with E-state index in [1.54, 1.807) is 0 Å². The van der Waals surface area contributed by atoms with E-state index in [2.05, 4.69) is 118 Å². The van der Waals surface area contributed by atoms with E-state index in [9.17, 15) is 14.4 Å². The summed E-state index contributed by atoms with van der Waals surface area (Å²) in [5.74, 6) is -0.914. The van der Waals surface area contributed by atoms with E-state index >= 15 is 0 Å². The molecule has 6 heteroatoms. The number of hydrogen-bond acceptors (Lipinski definition) is 6. The molecule has 0 N–H and O–H groups in total. The van der Waals surface area contributed by atoms with Crippen LogP contribution in [-0.4, -0.2) is 37.2 Å². The fourth-order valence-electron chi connectivity index (χ4n) is 9.39. The molecule has 0 fully saturated rings. The van der Waals surface area contributed by atoms with Crippen LogP contribution >= 0.6 is 0 Å². The maximum Gasteiger partial charge on any atom is 0.306 e. The van der Waals surface area contributed by atoms with Crippen molar-refractivity contribution in [2.45, 2.75) is 329 Å². The number of ether oxygens (including phenoxy) is 3. The maximum absolute atomic E-state index is 12.9. The second-order valence-corrected chi connectivity index (χ2v) is 22.0. The topological polar surface area (TPSA) is 78.9 Å². The third-order valence-corrected chi connectivity index (χ3v) is 14.3. The first-order chi connectivity index (χ1) is 38.5. The van der Waals surface area contributed by atoms with Crippen LogP contribution in [0.1, 0.15) is 323 Å². The monoisotopic (exact) mass is 1080 g/mol. The van der Waals surface area contributed by atoms with Gasteiger partial charge >= 0.3 is 17.9 Å². The minimum absolute atomic E-state index is 0.0874. The Morgan fingerprint density at radius 1 is 0.269 bits per heavy atom. The third-order valence-electron chi connectivity index (χ3n) is 14.3. The lowest BCUT2D eigenvalue weighted by molar-refractivity contribution is -0.167. The van der Waals surface area contributed by atoms with E-state index < -0.39 is 6.10 Å². The summed E-state index contributed by atoms with van der Waals surface area (Å²) in [6.07, 6.45) is 88.7. The van der Waals surface area contributed by atoms with Crippen molar-refractivity contribution < 1.29 is 28.6 Å². The SMILES string of the molecule is CC/C=C\C/C=C\C/C=C\C/C=C\CCCCCCCCCCCCCCCCCCCCC(=O)OCC(COC(=O)CCCCC/C=C\C/C=C\C/C=C\CC)OC(=O)CCCCCCC/C=C\CCCCCCCCC. The Labute approximate surface area is 483 Å². The Morgan fingerprint density at radius 2 is 0.500 bits per heavy atom. The van der Waals surface area contributed by atoms with Crippen LogP contribution in [0.15, 0.2) is 97.2 Å². The predicted molar refractivity (Wildman–Crippen MR) is 339 cm³/mol. The number of unbranched alkanes of at least 4 members (excludes halogenated alkanes) is 33. The van der Waals surface area contributed by atoms with Gasteiger partial charge < -0.3 is 14.2 Å². The first-order valence-electron chi connectivity index (χ1n) is 33.2. The van der Waals surface area contributed by atoms with Crippen LogP contribution in [0.5, 0.6) is 0 Å². The molecule has 0 aliphatic carbocycles. The van der Waals surface area contributed by atoms with Crippen LogP contribution in [0.2, 0.25) is 0 Å². The van der Waals surface area contributed by atoms with Gasteiger partial charge in [-0.25, -0.2) is 0 Å². The zero-order valence-corrected chi connectivity index (χ0v) is 51.4. The molecule has 0 spiro atoms. The van der Waals surface area contributed by atoms with Crippen molar-refractivity contribution in [2.75, 3.05) is 13.2 Å². The second kappa shape index (κ2) is 65.8.